The summed E-state index contributed by atoms with van der Waals surface area (Å²) < 4.78 is 0. The number of amides is 2. The zero-order chi connectivity index (χ0) is 13.3. The topological polar surface area (TPSA) is 109 Å². The van der Waals surface area contributed by atoms with Crippen molar-refractivity contribution < 1.29 is 14.7 Å². The first-order valence-corrected chi connectivity index (χ1v) is 5.50. The van der Waals surface area contributed by atoms with Crippen LogP contribution in [0.4, 0.5) is 16.3 Å². The van der Waals surface area contributed by atoms with E-state index in [0.717, 1.165) is 0 Å². The Morgan fingerprint density at radius 1 is 1.61 bits per heavy atom. The molecule has 0 radical (unpaired) electrons. The van der Waals surface area contributed by atoms with Gasteiger partial charge >= 0.3 is 6.09 Å². The zero-order valence-corrected chi connectivity index (χ0v) is 9.88. The molecule has 2 heterocycles. The summed E-state index contributed by atoms with van der Waals surface area (Å²) in [7, 11) is 0. The Bertz CT molecular complexity index is 503. The zero-order valence-electron chi connectivity index (χ0n) is 9.88. The molecular weight excluding hydrogens is 236 g/mol. The first-order valence-electron chi connectivity index (χ1n) is 5.50. The molecular formula is C11H14N4O3. The molecule has 0 bridgehead atoms. The summed E-state index contributed by atoms with van der Waals surface area (Å²) in [4.78, 5) is 28.0. The highest BCUT2D eigenvalue weighted by atomic mass is 16.4. The highest BCUT2D eigenvalue weighted by Crippen LogP contribution is 2.21. The van der Waals surface area contributed by atoms with Gasteiger partial charge in [-0.3, -0.25) is 9.69 Å². The lowest BCUT2D eigenvalue weighted by molar-refractivity contribution is -0.117. The van der Waals surface area contributed by atoms with Gasteiger partial charge in [0.05, 0.1) is 17.4 Å². The highest BCUT2D eigenvalue weighted by Gasteiger charge is 2.32. The molecule has 1 saturated heterocycles. The number of aryl methyl sites for hydroxylation is 1. The molecule has 4 N–H and O–H groups in total. The van der Waals surface area contributed by atoms with E-state index in [4.69, 9.17) is 10.8 Å². The van der Waals surface area contributed by atoms with Gasteiger partial charge in [0, 0.05) is 13.0 Å². The SMILES string of the molecule is Cc1nc(N2C[C@H](NC(=O)O)CC2=O)ccc1N. The molecule has 7 heteroatoms. The van der Waals surface area contributed by atoms with Crippen molar-refractivity contribution in [3.63, 3.8) is 0 Å². The van der Waals surface area contributed by atoms with Crippen LogP contribution in [0.2, 0.25) is 0 Å². The monoisotopic (exact) mass is 250 g/mol. The quantitative estimate of drug-likeness (QED) is 0.701. The third-order valence-corrected chi connectivity index (χ3v) is 2.84. The van der Waals surface area contributed by atoms with Gasteiger partial charge in [0.15, 0.2) is 0 Å². The summed E-state index contributed by atoms with van der Waals surface area (Å²) >= 11 is 0. The second kappa shape index (κ2) is 4.52. The van der Waals surface area contributed by atoms with Crippen molar-refractivity contribution in [2.75, 3.05) is 17.2 Å². The summed E-state index contributed by atoms with van der Waals surface area (Å²) in [6, 6.07) is 2.95. The van der Waals surface area contributed by atoms with Crippen molar-refractivity contribution in [3.05, 3.63) is 17.8 Å². The van der Waals surface area contributed by atoms with E-state index in [1.807, 2.05) is 0 Å². The molecule has 0 unspecified atom stereocenters. The predicted octanol–water partition coefficient (Wildman–Crippen LogP) is 0.345. The van der Waals surface area contributed by atoms with Gasteiger partial charge in [0.2, 0.25) is 5.91 Å². The summed E-state index contributed by atoms with van der Waals surface area (Å²) in [5.74, 6) is 0.354. The van der Waals surface area contributed by atoms with Gasteiger partial charge in [-0.15, -0.1) is 0 Å². The van der Waals surface area contributed by atoms with Crippen molar-refractivity contribution in [1.82, 2.24) is 10.3 Å². The van der Waals surface area contributed by atoms with Gasteiger partial charge in [-0.1, -0.05) is 0 Å². The second-order valence-electron chi connectivity index (χ2n) is 4.20. The smallest absolute Gasteiger partial charge is 0.404 e. The summed E-state index contributed by atoms with van der Waals surface area (Å²) in [5.41, 5.74) is 6.87. The van der Waals surface area contributed by atoms with Gasteiger partial charge in [-0.05, 0) is 19.1 Å². The van der Waals surface area contributed by atoms with Crippen LogP contribution in [0.15, 0.2) is 12.1 Å². The molecule has 1 fully saturated rings. The number of rotatable bonds is 2. The molecule has 1 aromatic rings. The van der Waals surface area contributed by atoms with Crippen molar-refractivity contribution in [3.8, 4) is 0 Å². The number of carboxylic acid groups (broad SMARTS) is 1. The summed E-state index contributed by atoms with van der Waals surface area (Å²) in [6.45, 7) is 2.05. The number of carbonyl (C=O) groups is 2. The number of nitrogens with two attached hydrogens (primary N) is 1. The Hall–Kier alpha value is -2.31. The largest absolute Gasteiger partial charge is 0.465 e. The number of hydrogen-bond donors (Lipinski definition) is 3. The molecule has 0 saturated carbocycles. The minimum atomic E-state index is -1.13. The minimum absolute atomic E-state index is 0.148. The average molecular weight is 250 g/mol. The van der Waals surface area contributed by atoms with Crippen LogP contribution in [0.25, 0.3) is 0 Å². The number of nitrogen functional groups attached to an aromatic ring is 1. The summed E-state index contributed by atoms with van der Waals surface area (Å²) in [5, 5.41) is 10.9. The third kappa shape index (κ3) is 2.34. The molecule has 1 aliphatic rings. The number of hydrogen-bond acceptors (Lipinski definition) is 4. The van der Waals surface area contributed by atoms with E-state index >= 15 is 0 Å². The van der Waals surface area contributed by atoms with Crippen molar-refractivity contribution >= 4 is 23.5 Å². The minimum Gasteiger partial charge on any atom is -0.465 e. The maximum absolute atomic E-state index is 11.8. The lowest BCUT2D eigenvalue weighted by Gasteiger charge is -2.16. The van der Waals surface area contributed by atoms with Crippen molar-refractivity contribution in [1.29, 1.82) is 0 Å². The van der Waals surface area contributed by atoms with E-state index in [1.54, 1.807) is 19.1 Å². The first-order chi connectivity index (χ1) is 8.47. The lowest BCUT2D eigenvalue weighted by Crippen LogP contribution is -2.36. The molecule has 1 aromatic heterocycles. The van der Waals surface area contributed by atoms with E-state index < -0.39 is 12.1 Å². The average Bonchev–Trinajstić information content (AvgIpc) is 2.62. The molecule has 18 heavy (non-hydrogen) atoms. The van der Waals surface area contributed by atoms with E-state index in [2.05, 4.69) is 10.3 Å². The van der Waals surface area contributed by atoms with Gasteiger partial charge in [0.25, 0.3) is 0 Å². The number of aromatic nitrogens is 1. The Kier molecular flexibility index (Phi) is 3.05. The normalized spacial score (nSPS) is 19.1. The highest BCUT2D eigenvalue weighted by molar-refractivity contribution is 5.95. The van der Waals surface area contributed by atoms with Crippen LogP contribution in [0.5, 0.6) is 0 Å². The van der Waals surface area contributed by atoms with Crippen molar-refractivity contribution in [2.24, 2.45) is 0 Å². The third-order valence-electron chi connectivity index (χ3n) is 2.84. The van der Waals surface area contributed by atoms with Crippen LogP contribution in [-0.2, 0) is 4.79 Å². The Labute approximate surface area is 104 Å². The van der Waals surface area contributed by atoms with E-state index in [1.165, 1.54) is 4.90 Å². The van der Waals surface area contributed by atoms with E-state index in [-0.39, 0.29) is 12.3 Å². The van der Waals surface area contributed by atoms with E-state index in [0.29, 0.717) is 23.7 Å². The predicted molar refractivity (Wildman–Crippen MR) is 65.3 cm³/mol. The molecule has 1 aliphatic heterocycles. The standard InChI is InChI=1S/C11H14N4O3/c1-6-8(12)2-3-9(13-6)15-5-7(4-10(15)16)14-11(17)18/h2-3,7,14H,4-5,12H2,1H3,(H,17,18)/t7-/m1/s1. The Morgan fingerprint density at radius 3 is 2.94 bits per heavy atom. The fourth-order valence-electron chi connectivity index (χ4n) is 1.91. The Morgan fingerprint density at radius 2 is 2.33 bits per heavy atom. The second-order valence-corrected chi connectivity index (χ2v) is 4.20. The molecule has 2 amide bonds. The van der Waals surface area contributed by atoms with Crippen LogP contribution < -0.4 is 16.0 Å². The van der Waals surface area contributed by atoms with Crippen LogP contribution in [0.1, 0.15) is 12.1 Å². The van der Waals surface area contributed by atoms with Crippen LogP contribution in [-0.4, -0.2) is 34.7 Å². The molecule has 96 valence electrons. The number of carbonyl (C=O) groups excluding carboxylic acids is 1. The molecule has 2 rings (SSSR count). The molecule has 7 nitrogen and oxygen atoms in total. The number of nitrogens with zero attached hydrogens (tertiary/aromatic N) is 2. The van der Waals surface area contributed by atoms with Gasteiger partial charge in [-0.2, -0.15) is 0 Å². The van der Waals surface area contributed by atoms with Crippen LogP contribution >= 0.6 is 0 Å². The molecule has 0 aliphatic carbocycles. The van der Waals surface area contributed by atoms with E-state index in [9.17, 15) is 9.59 Å². The van der Waals surface area contributed by atoms with Gasteiger partial charge in [-0.25, -0.2) is 9.78 Å². The number of nitrogens with one attached hydrogen (secondary N) is 1. The first kappa shape index (κ1) is 12.2. The van der Waals surface area contributed by atoms with Crippen LogP contribution in [0.3, 0.4) is 0 Å². The number of pyridine rings is 1. The Balaban J connectivity index is 2.16. The van der Waals surface area contributed by atoms with Crippen molar-refractivity contribution in [2.45, 2.75) is 19.4 Å². The fourth-order valence-corrected chi connectivity index (χ4v) is 1.91. The maximum atomic E-state index is 11.8. The maximum Gasteiger partial charge on any atom is 0.404 e. The van der Waals surface area contributed by atoms with Gasteiger partial charge < -0.3 is 16.2 Å². The fraction of sp³-hybridized carbons (Fsp3) is 0.364. The lowest BCUT2D eigenvalue weighted by atomic mass is 10.3. The molecule has 1 atom stereocenters. The van der Waals surface area contributed by atoms with Gasteiger partial charge in [0.1, 0.15) is 5.82 Å². The molecule has 0 spiro atoms. The van der Waals surface area contributed by atoms with Crippen LogP contribution in [0, 0.1) is 6.92 Å². The summed E-state index contributed by atoms with van der Waals surface area (Å²) in [6.07, 6.45) is -0.978. The number of anilines is 2. The molecule has 0 aromatic carbocycles.